The second-order valence-electron chi connectivity index (χ2n) is 10.5. The molecule has 0 amide bonds. The maximum absolute atomic E-state index is 13.7. The van der Waals surface area contributed by atoms with E-state index in [2.05, 4.69) is 109 Å². The number of rotatable bonds is 2. The smallest absolute Gasteiger partial charge is 0.163 e. The van der Waals surface area contributed by atoms with Crippen molar-refractivity contribution in [1.29, 1.82) is 0 Å². The van der Waals surface area contributed by atoms with E-state index in [9.17, 15) is 4.79 Å². The first-order chi connectivity index (χ1) is 16.2. The molecule has 2 unspecified atom stereocenters. The molecule has 3 aromatic rings. The lowest BCUT2D eigenvalue weighted by molar-refractivity contribution is -0.116. The zero-order valence-electron chi connectivity index (χ0n) is 20.2. The molecule has 0 aromatic heterocycles. The van der Waals surface area contributed by atoms with Crippen LogP contribution in [0.1, 0.15) is 67.8 Å². The first-order valence-electron chi connectivity index (χ1n) is 12.0. The van der Waals surface area contributed by atoms with Gasteiger partial charge in [-0.3, -0.25) is 4.79 Å². The van der Waals surface area contributed by atoms with Gasteiger partial charge in [0.25, 0.3) is 0 Å². The van der Waals surface area contributed by atoms with E-state index in [0.29, 0.717) is 6.42 Å². The molecule has 0 spiro atoms. The molecule has 174 valence electrons. The number of carbonyl (C=O) groups is 1. The number of carbonyl (C=O) groups excluding carboxylic acids is 1. The number of Topliss-reactive ketones (excluding diaryl/α,β-unsaturated/α-hetero) is 1. The Kier molecular flexibility index (Phi) is 5.89. The van der Waals surface area contributed by atoms with Crippen LogP contribution in [0.15, 0.2) is 82.5 Å². The molecule has 0 saturated carbocycles. The van der Waals surface area contributed by atoms with Crippen LogP contribution in [-0.2, 0) is 10.2 Å². The van der Waals surface area contributed by atoms with Gasteiger partial charge in [-0.05, 0) is 65.1 Å². The van der Waals surface area contributed by atoms with Crippen molar-refractivity contribution in [2.75, 3.05) is 10.6 Å². The fourth-order valence-electron chi connectivity index (χ4n) is 5.02. The summed E-state index contributed by atoms with van der Waals surface area (Å²) in [6, 6.07) is 23.2. The number of benzene rings is 3. The van der Waals surface area contributed by atoms with Gasteiger partial charge in [0.05, 0.1) is 17.4 Å². The maximum Gasteiger partial charge on any atom is 0.163 e. The Hall–Kier alpha value is -2.85. The Morgan fingerprint density at radius 3 is 2.24 bits per heavy atom. The summed E-state index contributed by atoms with van der Waals surface area (Å²) in [6.07, 6.45) is 1.34. The Morgan fingerprint density at radius 1 is 0.882 bits per heavy atom. The minimum Gasteiger partial charge on any atom is -0.372 e. The highest BCUT2D eigenvalue weighted by molar-refractivity contribution is 9.10. The van der Waals surface area contributed by atoms with E-state index >= 15 is 0 Å². The molecule has 2 atom stereocenters. The fraction of sp³-hybridized carbons (Fsp3) is 0.300. The second kappa shape index (κ2) is 8.74. The summed E-state index contributed by atoms with van der Waals surface area (Å²) < 4.78 is 1.06. The van der Waals surface area contributed by atoms with Crippen LogP contribution in [0, 0.1) is 6.92 Å². The summed E-state index contributed by atoms with van der Waals surface area (Å²) in [5, 5.41) is 7.31. The molecule has 0 radical (unpaired) electrons. The van der Waals surface area contributed by atoms with Crippen molar-refractivity contribution in [3.63, 3.8) is 0 Å². The minimum atomic E-state index is -0.195. The van der Waals surface area contributed by atoms with Crippen molar-refractivity contribution in [1.82, 2.24) is 0 Å². The molecule has 1 aliphatic carbocycles. The van der Waals surface area contributed by atoms with Crippen LogP contribution in [0.25, 0.3) is 0 Å². The topological polar surface area (TPSA) is 41.1 Å². The fourth-order valence-corrected chi connectivity index (χ4v) is 5.42. The Balaban J connectivity index is 1.56. The monoisotopic (exact) mass is 514 g/mol. The van der Waals surface area contributed by atoms with Crippen molar-refractivity contribution < 1.29 is 4.79 Å². The number of hydrogen-bond acceptors (Lipinski definition) is 3. The van der Waals surface area contributed by atoms with Gasteiger partial charge >= 0.3 is 0 Å². The Morgan fingerprint density at radius 2 is 1.56 bits per heavy atom. The van der Waals surface area contributed by atoms with E-state index in [1.165, 1.54) is 16.7 Å². The van der Waals surface area contributed by atoms with Gasteiger partial charge in [-0.1, -0.05) is 85.2 Å². The third-order valence-electron chi connectivity index (χ3n) is 7.09. The van der Waals surface area contributed by atoms with Crippen LogP contribution in [0.4, 0.5) is 11.4 Å². The van der Waals surface area contributed by atoms with Gasteiger partial charge in [0.15, 0.2) is 5.78 Å². The van der Waals surface area contributed by atoms with Crippen molar-refractivity contribution >= 4 is 33.1 Å². The number of hydrogen-bond donors (Lipinski definition) is 2. The number of nitrogens with one attached hydrogen (secondary N) is 2. The predicted molar refractivity (Wildman–Crippen MR) is 144 cm³/mol. The van der Waals surface area contributed by atoms with Crippen molar-refractivity contribution in [3.05, 3.63) is 105 Å². The normalized spacial score (nSPS) is 20.1. The first kappa shape index (κ1) is 22.9. The van der Waals surface area contributed by atoms with E-state index in [1.54, 1.807) is 0 Å². The van der Waals surface area contributed by atoms with E-state index in [-0.39, 0.29) is 23.2 Å². The quantitative estimate of drug-likeness (QED) is 0.363. The molecule has 0 saturated heterocycles. The highest BCUT2D eigenvalue weighted by Gasteiger charge is 2.36. The van der Waals surface area contributed by atoms with Gasteiger partial charge in [0.2, 0.25) is 0 Å². The van der Waals surface area contributed by atoms with Crippen LogP contribution >= 0.6 is 15.9 Å². The number of ketones is 1. The molecule has 0 fully saturated rings. The molecule has 34 heavy (non-hydrogen) atoms. The lowest BCUT2D eigenvalue weighted by Crippen LogP contribution is -2.27. The molecule has 1 heterocycles. The second-order valence-corrected chi connectivity index (χ2v) is 11.4. The maximum atomic E-state index is 13.7. The molecular weight excluding hydrogens is 484 g/mol. The van der Waals surface area contributed by atoms with Gasteiger partial charge in [-0.2, -0.15) is 0 Å². The number of halogens is 1. The molecule has 4 heteroatoms. The zero-order valence-corrected chi connectivity index (χ0v) is 21.8. The summed E-state index contributed by atoms with van der Waals surface area (Å²) in [4.78, 5) is 13.7. The molecule has 5 rings (SSSR count). The van der Waals surface area contributed by atoms with Gasteiger partial charge < -0.3 is 10.6 Å². The molecule has 2 N–H and O–H groups in total. The highest BCUT2D eigenvalue weighted by atomic mass is 79.9. The van der Waals surface area contributed by atoms with Crippen molar-refractivity contribution in [2.24, 2.45) is 0 Å². The lowest BCUT2D eigenvalue weighted by atomic mass is 9.77. The summed E-state index contributed by atoms with van der Waals surface area (Å²) in [5.74, 6) is 0.379. The van der Waals surface area contributed by atoms with Crippen LogP contribution in [0.3, 0.4) is 0 Å². The largest absolute Gasteiger partial charge is 0.372 e. The number of para-hydroxylation sites is 2. The standard InChI is InChI=1S/C30H31BrN2O/c1-18-9-10-20(15-23(18)31)29-28-26(32-24-7-5-6-8-25(24)33-29)16-21(17-27(28)34)19-11-13-22(14-12-19)30(2,3)4/h5-15,21,29,32-33H,16-17H2,1-4H3. The Labute approximate surface area is 210 Å². The van der Waals surface area contributed by atoms with Gasteiger partial charge in [-0.15, -0.1) is 0 Å². The average Bonchev–Trinajstić information content (AvgIpc) is 2.97. The van der Waals surface area contributed by atoms with Crippen LogP contribution in [-0.4, -0.2) is 5.78 Å². The first-order valence-corrected chi connectivity index (χ1v) is 12.8. The highest BCUT2D eigenvalue weighted by Crippen LogP contribution is 2.44. The third-order valence-corrected chi connectivity index (χ3v) is 7.94. The number of anilines is 2. The van der Waals surface area contributed by atoms with Crippen LogP contribution in [0.2, 0.25) is 0 Å². The van der Waals surface area contributed by atoms with Crippen molar-refractivity contribution in [2.45, 2.75) is 57.9 Å². The molecule has 1 aliphatic heterocycles. The summed E-state index contributed by atoms with van der Waals surface area (Å²) in [5.41, 5.74) is 8.84. The molecule has 3 aromatic carbocycles. The molecule has 2 aliphatic rings. The summed E-state index contributed by atoms with van der Waals surface area (Å²) in [6.45, 7) is 8.77. The van der Waals surface area contributed by atoms with Crippen LogP contribution < -0.4 is 10.6 Å². The minimum absolute atomic E-state index is 0.115. The Bertz CT molecular complexity index is 1280. The average molecular weight is 515 g/mol. The van der Waals surface area contributed by atoms with Crippen molar-refractivity contribution in [3.8, 4) is 0 Å². The van der Waals surface area contributed by atoms with Crippen LogP contribution in [0.5, 0.6) is 0 Å². The number of fused-ring (bicyclic) bond motifs is 1. The predicted octanol–water partition coefficient (Wildman–Crippen LogP) is 8.03. The molecular formula is C30H31BrN2O. The van der Waals surface area contributed by atoms with Gasteiger partial charge in [-0.25, -0.2) is 0 Å². The van der Waals surface area contributed by atoms with E-state index in [1.807, 2.05) is 12.1 Å². The SMILES string of the molecule is Cc1ccc(C2Nc3ccccc3NC3=C2C(=O)CC(c2ccc(C(C)(C)C)cc2)C3)cc1Br. The van der Waals surface area contributed by atoms with Gasteiger partial charge in [0.1, 0.15) is 0 Å². The number of aryl methyl sites for hydroxylation is 1. The molecule has 3 nitrogen and oxygen atoms in total. The zero-order chi connectivity index (χ0) is 24.0. The molecule has 0 bridgehead atoms. The summed E-state index contributed by atoms with van der Waals surface area (Å²) >= 11 is 3.68. The van der Waals surface area contributed by atoms with E-state index < -0.39 is 0 Å². The van der Waals surface area contributed by atoms with Gasteiger partial charge in [0, 0.05) is 22.2 Å². The summed E-state index contributed by atoms with van der Waals surface area (Å²) in [7, 11) is 0. The third kappa shape index (κ3) is 4.32. The van der Waals surface area contributed by atoms with E-state index in [0.717, 1.165) is 39.1 Å². The van der Waals surface area contributed by atoms with E-state index in [4.69, 9.17) is 0 Å². The lowest BCUT2D eigenvalue weighted by Gasteiger charge is -2.30. The number of allylic oxidation sites excluding steroid dienone is 1.